The first-order valence-corrected chi connectivity index (χ1v) is 7.52. The molecule has 0 bridgehead atoms. The van der Waals surface area contributed by atoms with Gasteiger partial charge in [-0.1, -0.05) is 6.07 Å². The summed E-state index contributed by atoms with van der Waals surface area (Å²) in [6.07, 6.45) is 1.75. The topological polar surface area (TPSA) is 48.2 Å². The number of sulfone groups is 1. The van der Waals surface area contributed by atoms with Crippen molar-refractivity contribution >= 4 is 15.4 Å². The van der Waals surface area contributed by atoms with Crippen LogP contribution in [0.5, 0.6) is 0 Å². The van der Waals surface area contributed by atoms with E-state index in [0.29, 0.717) is 5.56 Å². The van der Waals surface area contributed by atoms with Crippen molar-refractivity contribution < 1.29 is 12.8 Å². The molecule has 18 heavy (non-hydrogen) atoms. The molecule has 3 rings (SSSR count). The van der Waals surface area contributed by atoms with Crippen molar-refractivity contribution in [2.45, 2.75) is 17.7 Å². The molecule has 0 unspecified atom stereocenters. The smallest absolute Gasteiger partial charge is 0.200 e. The number of hydrogen-bond donors (Lipinski definition) is 0. The molecule has 1 radical (unpaired) electrons. The number of benzene rings is 1. The molecule has 1 aromatic rings. The van der Waals surface area contributed by atoms with Crippen molar-refractivity contribution in [1.82, 2.24) is 5.32 Å². The van der Waals surface area contributed by atoms with Crippen molar-refractivity contribution in [3.05, 3.63) is 35.0 Å². The van der Waals surface area contributed by atoms with Gasteiger partial charge >= 0.3 is 0 Å². The highest BCUT2D eigenvalue weighted by atomic mass is 32.2. The Morgan fingerprint density at radius 1 is 1.22 bits per heavy atom. The van der Waals surface area contributed by atoms with E-state index in [-0.39, 0.29) is 10.8 Å². The van der Waals surface area contributed by atoms with E-state index in [4.69, 9.17) is 0 Å². The second-order valence-corrected chi connectivity index (χ2v) is 6.47. The van der Waals surface area contributed by atoms with Crippen molar-refractivity contribution in [1.29, 1.82) is 0 Å². The van der Waals surface area contributed by atoms with E-state index in [1.54, 1.807) is 6.07 Å². The first-order valence-electron chi connectivity index (χ1n) is 5.98. The van der Waals surface area contributed by atoms with Crippen LogP contribution in [0, 0.1) is 11.7 Å². The van der Waals surface area contributed by atoms with Crippen LogP contribution in [0.3, 0.4) is 0 Å². The van der Waals surface area contributed by atoms with Crippen LogP contribution in [-0.4, -0.2) is 21.5 Å². The van der Waals surface area contributed by atoms with Gasteiger partial charge in [-0.25, -0.2) is 18.1 Å². The Kier molecular flexibility index (Phi) is 2.75. The van der Waals surface area contributed by atoms with Gasteiger partial charge in [0, 0.05) is 18.5 Å². The third kappa shape index (κ3) is 1.87. The summed E-state index contributed by atoms with van der Waals surface area (Å²) in [5, 5.41) is 5.58. The molecule has 0 N–H and O–H groups in total. The Morgan fingerprint density at radius 3 is 2.67 bits per heavy atom. The van der Waals surface area contributed by atoms with Crippen molar-refractivity contribution in [2.24, 2.45) is 5.92 Å². The highest BCUT2D eigenvalue weighted by molar-refractivity contribution is 7.95. The fourth-order valence-electron chi connectivity index (χ4n) is 2.64. The van der Waals surface area contributed by atoms with E-state index >= 15 is 0 Å². The highest BCUT2D eigenvalue weighted by Gasteiger charge is 2.32. The maximum Gasteiger partial charge on any atom is 0.200 e. The largest absolute Gasteiger partial charge is 0.242 e. The predicted molar refractivity (Wildman–Crippen MR) is 66.2 cm³/mol. The van der Waals surface area contributed by atoms with Gasteiger partial charge in [-0.05, 0) is 42.0 Å². The minimum Gasteiger partial charge on any atom is -0.242 e. The molecule has 1 saturated heterocycles. The molecule has 2 heterocycles. The van der Waals surface area contributed by atoms with E-state index in [0.717, 1.165) is 37.6 Å². The number of halogens is 1. The molecule has 0 amide bonds. The molecule has 0 spiro atoms. The van der Waals surface area contributed by atoms with Gasteiger partial charge in [0.15, 0.2) is 0 Å². The molecule has 2 aliphatic rings. The van der Waals surface area contributed by atoms with E-state index in [1.165, 1.54) is 11.5 Å². The zero-order valence-electron chi connectivity index (χ0n) is 9.77. The molecule has 3 nitrogen and oxygen atoms in total. The quantitative estimate of drug-likeness (QED) is 0.780. The second kappa shape index (κ2) is 4.17. The third-order valence-corrected chi connectivity index (χ3v) is 5.07. The lowest BCUT2D eigenvalue weighted by Crippen LogP contribution is -2.22. The normalized spacial score (nSPS) is 22.6. The summed E-state index contributed by atoms with van der Waals surface area (Å²) < 4.78 is 37.2. The predicted octanol–water partition coefficient (Wildman–Crippen LogP) is 1.97. The molecule has 1 aromatic carbocycles. The summed E-state index contributed by atoms with van der Waals surface area (Å²) >= 11 is 0. The van der Waals surface area contributed by atoms with Gasteiger partial charge < -0.3 is 0 Å². The Bertz CT molecular complexity index is 616. The molecule has 5 heteroatoms. The average Bonchev–Trinajstić information content (AvgIpc) is 2.63. The van der Waals surface area contributed by atoms with Crippen LogP contribution in [0.2, 0.25) is 0 Å². The Labute approximate surface area is 106 Å². The number of nitrogens with zero attached hydrogens (tertiary/aromatic N) is 1. The Morgan fingerprint density at radius 2 is 1.94 bits per heavy atom. The fourth-order valence-corrected chi connectivity index (χ4v) is 4.19. The minimum atomic E-state index is -3.46. The highest BCUT2D eigenvalue weighted by Crippen LogP contribution is 2.40. The molecule has 0 aliphatic carbocycles. The van der Waals surface area contributed by atoms with Crippen molar-refractivity contribution in [3.63, 3.8) is 0 Å². The van der Waals surface area contributed by atoms with Crippen LogP contribution in [0.1, 0.15) is 18.4 Å². The lowest BCUT2D eigenvalue weighted by Gasteiger charge is -2.22. The van der Waals surface area contributed by atoms with Gasteiger partial charge in [-0.15, -0.1) is 0 Å². The summed E-state index contributed by atoms with van der Waals surface area (Å²) in [5.74, 6) is -0.283. The average molecular weight is 266 g/mol. The van der Waals surface area contributed by atoms with Crippen LogP contribution in [0.4, 0.5) is 4.39 Å². The van der Waals surface area contributed by atoms with Gasteiger partial charge in [0.2, 0.25) is 9.84 Å². The molecule has 1 fully saturated rings. The van der Waals surface area contributed by atoms with Crippen LogP contribution >= 0.6 is 0 Å². The van der Waals surface area contributed by atoms with Crippen LogP contribution in [0.15, 0.2) is 28.5 Å². The van der Waals surface area contributed by atoms with Crippen molar-refractivity contribution in [2.75, 3.05) is 13.1 Å². The Hall–Kier alpha value is -1.20. The lowest BCUT2D eigenvalue weighted by molar-refractivity contribution is 0.440. The molecular weight excluding hydrogens is 253 g/mol. The van der Waals surface area contributed by atoms with E-state index in [1.807, 2.05) is 0 Å². The zero-order valence-corrected chi connectivity index (χ0v) is 10.6. The third-order valence-electron chi connectivity index (χ3n) is 3.55. The van der Waals surface area contributed by atoms with Gasteiger partial charge in [0.25, 0.3) is 0 Å². The van der Waals surface area contributed by atoms with Gasteiger partial charge in [0.05, 0.1) is 4.90 Å². The maximum absolute atomic E-state index is 13.2. The van der Waals surface area contributed by atoms with Crippen LogP contribution < -0.4 is 5.32 Å². The summed E-state index contributed by atoms with van der Waals surface area (Å²) in [6, 6.07) is 4.01. The fraction of sp³-hybridized carbons (Fsp3) is 0.385. The van der Waals surface area contributed by atoms with Gasteiger partial charge in [-0.3, -0.25) is 0 Å². The maximum atomic E-state index is 13.2. The van der Waals surface area contributed by atoms with E-state index in [2.05, 4.69) is 5.32 Å². The molecular formula is C13H13FNO2S. The number of allylic oxidation sites excluding steroid dienone is 1. The lowest BCUT2D eigenvalue weighted by atomic mass is 9.87. The number of rotatable bonds is 1. The number of fused-ring (bicyclic) bond motifs is 1. The molecule has 2 aliphatic heterocycles. The standard InChI is InChI=1S/C13H13FNO2S/c14-10-1-2-11-12(9-3-5-15-6-4-9)8-18(16,17)13(11)7-10/h1-2,7-9H,3-6H2. The monoisotopic (exact) mass is 266 g/mol. The number of hydrogen-bond acceptors (Lipinski definition) is 2. The minimum absolute atomic E-state index is 0.111. The first-order chi connectivity index (χ1) is 8.58. The molecule has 0 atom stereocenters. The zero-order chi connectivity index (χ0) is 12.8. The molecule has 0 saturated carbocycles. The van der Waals surface area contributed by atoms with E-state index < -0.39 is 15.7 Å². The summed E-state index contributed by atoms with van der Waals surface area (Å²) in [7, 11) is -3.46. The number of piperidine rings is 1. The summed E-state index contributed by atoms with van der Waals surface area (Å²) in [4.78, 5) is 0.111. The van der Waals surface area contributed by atoms with Gasteiger partial charge in [-0.2, -0.15) is 0 Å². The Balaban J connectivity index is 2.08. The van der Waals surface area contributed by atoms with Crippen LogP contribution in [0.25, 0.3) is 5.57 Å². The second-order valence-electron chi connectivity index (χ2n) is 4.70. The SMILES string of the molecule is O=S1(=O)C=C(C2CC[N]CC2)c2ccc(F)cc21. The molecule has 95 valence electrons. The van der Waals surface area contributed by atoms with Crippen molar-refractivity contribution in [3.8, 4) is 0 Å². The molecule has 0 aromatic heterocycles. The summed E-state index contributed by atoms with van der Waals surface area (Å²) in [6.45, 7) is 1.55. The van der Waals surface area contributed by atoms with E-state index in [9.17, 15) is 12.8 Å². The first kappa shape index (κ1) is 11.9. The summed E-state index contributed by atoms with van der Waals surface area (Å²) in [5.41, 5.74) is 1.50. The van der Waals surface area contributed by atoms with Crippen LogP contribution in [-0.2, 0) is 9.84 Å². The van der Waals surface area contributed by atoms with Gasteiger partial charge in [0.1, 0.15) is 5.82 Å².